The smallest absolute Gasteiger partial charge is 0.364 e. The molecule has 5 saturated heterocycles. The molecule has 34 heteroatoms. The Morgan fingerprint density at radius 3 is 1.39 bits per heavy atom. The average molecular weight is 1490 g/mol. The van der Waals surface area contributed by atoms with E-state index in [0.717, 1.165) is 71.6 Å². The zero-order valence-electron chi connectivity index (χ0n) is 60.2. The number of carbonyl (C=O) groups excluding carboxylic acids is 3. The summed E-state index contributed by atoms with van der Waals surface area (Å²) in [5.41, 5.74) is 0. The predicted molar refractivity (Wildman–Crippen MR) is 360 cm³/mol. The summed E-state index contributed by atoms with van der Waals surface area (Å²) in [7, 11) is 0. The molecule has 5 aliphatic heterocycles. The molecule has 0 aromatic heterocycles. The van der Waals surface area contributed by atoms with Gasteiger partial charge in [0, 0.05) is 26.7 Å². The lowest BCUT2D eigenvalue weighted by molar-refractivity contribution is -0.383. The number of aliphatic carboxylic acids is 1. The zero-order chi connectivity index (χ0) is 75.9. The average Bonchev–Trinajstić information content (AvgIpc) is 0.769. The van der Waals surface area contributed by atoms with Gasteiger partial charge in [0.25, 0.3) is 5.79 Å². The molecule has 0 aromatic carbocycles. The van der Waals surface area contributed by atoms with Gasteiger partial charge in [-0.2, -0.15) is 0 Å². The first-order chi connectivity index (χ1) is 49.2. The van der Waals surface area contributed by atoms with E-state index in [-0.39, 0.29) is 12.3 Å². The minimum Gasteiger partial charge on any atom is -0.477 e. The largest absolute Gasteiger partial charge is 0.477 e. The van der Waals surface area contributed by atoms with Gasteiger partial charge in [0.2, 0.25) is 17.7 Å². The lowest BCUT2D eigenvalue weighted by Gasteiger charge is -2.51. The van der Waals surface area contributed by atoms with Crippen molar-refractivity contribution in [1.29, 1.82) is 0 Å². The minimum absolute atomic E-state index is 0.191. The summed E-state index contributed by atoms with van der Waals surface area (Å²) >= 11 is 0. The fraction of sp³-hybridized carbons (Fsp3) is 0.942. The summed E-state index contributed by atoms with van der Waals surface area (Å²) in [6, 6.07) is -4.53. The molecule has 5 rings (SSSR count). The van der Waals surface area contributed by atoms with E-state index in [9.17, 15) is 106 Å². The number of hydrogen-bond donors (Lipinski definition) is 20. The van der Waals surface area contributed by atoms with Crippen LogP contribution in [0.4, 0.5) is 0 Å². The Morgan fingerprint density at radius 1 is 0.476 bits per heavy atom. The van der Waals surface area contributed by atoms with E-state index in [1.165, 1.54) is 83.5 Å². The van der Waals surface area contributed by atoms with Crippen LogP contribution in [0.5, 0.6) is 0 Å². The van der Waals surface area contributed by atoms with Crippen molar-refractivity contribution in [3.63, 3.8) is 0 Å². The SMILES string of the molecule is CCCCCCCCCCCCCCCCC(=O)N[C@@H](CO[C@@H]1O[C@H](CO)[C@@H](O[C@@H]2O[C@H](CO)[C@H](O[C@@H]3O[C@H](CO[C@]4(C(=O)O)C[C@H](O)[C@@H](NC(C)=O)[C@H]([C@H](O)[C@H](O)CO)O4)[C@H](O)[C@H](O[C@@H]4O[C@H](CO)[C@H](O)[C@H](O)[C@H]4O)[C@H]3NC(C)=O)[C@H](O)[C@H]2O)[C@H](O)[C@H]1O)[C@H](O)CCCCCCCCCCCC. The molecule has 0 saturated carbocycles. The van der Waals surface area contributed by atoms with Crippen molar-refractivity contribution in [2.24, 2.45) is 0 Å². The maximum absolute atomic E-state index is 13.5. The highest BCUT2D eigenvalue weighted by molar-refractivity contribution is 5.77. The van der Waals surface area contributed by atoms with Crippen LogP contribution in [0.2, 0.25) is 0 Å². The van der Waals surface area contributed by atoms with E-state index in [2.05, 4.69) is 29.8 Å². The Labute approximate surface area is 602 Å². The number of unbranched alkanes of at least 4 members (excludes halogenated alkanes) is 22. The Bertz CT molecular complexity index is 2380. The van der Waals surface area contributed by atoms with Gasteiger partial charge in [-0.15, -0.1) is 0 Å². The van der Waals surface area contributed by atoms with Gasteiger partial charge in [0.15, 0.2) is 25.2 Å². The molecular formula is C69H125N3O31. The van der Waals surface area contributed by atoms with Crippen LogP contribution in [0.15, 0.2) is 0 Å². The van der Waals surface area contributed by atoms with Gasteiger partial charge in [-0.1, -0.05) is 162 Å². The van der Waals surface area contributed by atoms with Gasteiger partial charge in [0.1, 0.15) is 116 Å². The quantitative estimate of drug-likeness (QED) is 0.0283. The molecule has 0 radical (unpaired) electrons. The van der Waals surface area contributed by atoms with Crippen LogP contribution in [0.25, 0.3) is 0 Å². The van der Waals surface area contributed by atoms with Crippen LogP contribution in [0, 0.1) is 0 Å². The number of rotatable bonds is 49. The Balaban J connectivity index is 1.31. The maximum atomic E-state index is 13.5. The molecule has 602 valence electrons. The second-order valence-electron chi connectivity index (χ2n) is 28.3. The van der Waals surface area contributed by atoms with Gasteiger partial charge >= 0.3 is 5.97 Å². The highest BCUT2D eigenvalue weighted by Gasteiger charge is 2.59. The first-order valence-corrected chi connectivity index (χ1v) is 37.4. The topological polar surface area (TPSA) is 541 Å². The highest BCUT2D eigenvalue weighted by Crippen LogP contribution is 2.38. The minimum atomic E-state index is -3.08. The van der Waals surface area contributed by atoms with Gasteiger partial charge in [-0.05, 0) is 12.8 Å². The number of aliphatic hydroxyl groups excluding tert-OH is 16. The molecule has 5 aliphatic rings. The Kier molecular flexibility index (Phi) is 41.3. The summed E-state index contributed by atoms with van der Waals surface area (Å²) in [6.07, 6.45) is -21.3. The molecule has 3 amide bonds. The van der Waals surface area contributed by atoms with E-state index < -0.39 is 235 Å². The van der Waals surface area contributed by atoms with Crippen LogP contribution in [-0.2, 0) is 66.5 Å². The molecular weight excluding hydrogens is 1370 g/mol. The number of carboxylic acid groups (broad SMARTS) is 1. The Hall–Kier alpha value is -3.16. The highest BCUT2D eigenvalue weighted by atomic mass is 16.8. The van der Waals surface area contributed by atoms with Crippen molar-refractivity contribution < 1.29 is 153 Å². The van der Waals surface area contributed by atoms with Crippen molar-refractivity contribution in [3.05, 3.63) is 0 Å². The molecule has 20 N–H and O–H groups in total. The monoisotopic (exact) mass is 1490 g/mol. The van der Waals surface area contributed by atoms with Crippen molar-refractivity contribution in [2.75, 3.05) is 39.6 Å². The van der Waals surface area contributed by atoms with Gasteiger partial charge < -0.3 is 150 Å². The first-order valence-electron chi connectivity index (χ1n) is 37.4. The molecule has 5 fully saturated rings. The lowest BCUT2D eigenvalue weighted by Crippen LogP contribution is -2.71. The zero-order valence-corrected chi connectivity index (χ0v) is 60.2. The number of hydrogen-bond acceptors (Lipinski definition) is 30. The van der Waals surface area contributed by atoms with E-state index in [1.54, 1.807) is 0 Å². The fourth-order valence-electron chi connectivity index (χ4n) is 13.8. The number of ether oxygens (including phenoxy) is 10. The summed E-state index contributed by atoms with van der Waals surface area (Å²) in [6.45, 7) is 0.621. The van der Waals surface area contributed by atoms with E-state index >= 15 is 0 Å². The molecule has 28 atom stereocenters. The molecule has 103 heavy (non-hydrogen) atoms. The molecule has 0 unspecified atom stereocenters. The second kappa shape index (κ2) is 47.0. The van der Waals surface area contributed by atoms with E-state index in [4.69, 9.17) is 47.4 Å². The van der Waals surface area contributed by atoms with Crippen LogP contribution in [-0.4, -0.2) is 321 Å². The summed E-state index contributed by atoms with van der Waals surface area (Å²) < 4.78 is 59.1. The first kappa shape index (κ1) is 90.5. The number of nitrogens with one attached hydrogen (secondary N) is 3. The number of aliphatic hydroxyl groups is 16. The summed E-state index contributed by atoms with van der Waals surface area (Å²) in [4.78, 5) is 51.9. The third kappa shape index (κ3) is 27.4. The van der Waals surface area contributed by atoms with Gasteiger partial charge in [-0.3, -0.25) is 14.4 Å². The fourth-order valence-corrected chi connectivity index (χ4v) is 13.8. The third-order valence-electron chi connectivity index (χ3n) is 19.9. The second-order valence-corrected chi connectivity index (χ2v) is 28.3. The van der Waals surface area contributed by atoms with Crippen molar-refractivity contribution in [1.82, 2.24) is 16.0 Å². The number of amides is 3. The van der Waals surface area contributed by atoms with Crippen LogP contribution in [0.3, 0.4) is 0 Å². The Morgan fingerprint density at radius 2 is 0.903 bits per heavy atom. The standard InChI is InChI=1S/C69H125N3O31/c1-5-7-9-11-13-15-17-18-19-20-22-24-26-28-30-48(82)72-40(41(79)29-27-25-23-21-16-14-12-10-8-6-2)36-94-65-58(90)55(87)61(45(34-75)97-65)101-67-59(91)56(88)60(46(35-76)98-67)100-64-50(71-39(4)78)62(102-66-57(89)54(86)52(84)44(33-74)96-66)53(85)47(99-64)37-95-69(68(92)93)31-42(80)49(70-38(3)77)63(103-69)51(83)43(81)32-73/h40-47,49-67,73-76,79-81,83-91H,5-37H2,1-4H3,(H,70,77)(H,71,78)(H,72,82)(H,92,93)/t40-,41+,42-,43+,44+,45+,46+,47+,49+,50+,51+,52-,53-,54-,55+,56+,57+,58+,59+,60-,61+,62+,63+,64-,65+,66-,67-,69+/m0/s1. The molecule has 0 aromatic rings. The summed E-state index contributed by atoms with van der Waals surface area (Å²) in [5.74, 6) is -7.14. The lowest BCUT2D eigenvalue weighted by atomic mass is 9.88. The van der Waals surface area contributed by atoms with E-state index in [0.29, 0.717) is 19.3 Å². The molecule has 34 nitrogen and oxygen atoms in total. The molecule has 5 heterocycles. The van der Waals surface area contributed by atoms with Crippen molar-refractivity contribution in [3.8, 4) is 0 Å². The van der Waals surface area contributed by atoms with Crippen LogP contribution in [0.1, 0.15) is 201 Å². The van der Waals surface area contributed by atoms with Crippen LogP contribution < -0.4 is 16.0 Å². The molecule has 0 bridgehead atoms. The molecule has 0 spiro atoms. The van der Waals surface area contributed by atoms with Crippen molar-refractivity contribution in [2.45, 2.75) is 372 Å². The normalized spacial score (nSPS) is 35.4. The van der Waals surface area contributed by atoms with Crippen LogP contribution >= 0.6 is 0 Å². The summed E-state index contributed by atoms with van der Waals surface area (Å²) in [5, 5.41) is 195. The predicted octanol–water partition coefficient (Wildman–Crippen LogP) is -2.38. The van der Waals surface area contributed by atoms with Crippen molar-refractivity contribution >= 4 is 23.7 Å². The molecule has 0 aliphatic carbocycles. The number of carboxylic acids is 1. The maximum Gasteiger partial charge on any atom is 0.364 e. The van der Waals surface area contributed by atoms with Gasteiger partial charge in [-0.25, -0.2) is 4.79 Å². The number of carbonyl (C=O) groups is 4. The van der Waals surface area contributed by atoms with E-state index in [1.807, 2.05) is 0 Å². The third-order valence-corrected chi connectivity index (χ3v) is 19.9. The van der Waals surface area contributed by atoms with Gasteiger partial charge in [0.05, 0.1) is 63.9 Å².